The number of nitrogens with two attached hydrogens (primary N) is 1. The van der Waals surface area contributed by atoms with Crippen LogP contribution in [-0.4, -0.2) is 36.7 Å². The van der Waals surface area contributed by atoms with E-state index in [-0.39, 0.29) is 36.5 Å². The summed E-state index contributed by atoms with van der Waals surface area (Å²) in [4.78, 5) is 49.6. The maximum absolute atomic E-state index is 13.2. The summed E-state index contributed by atoms with van der Waals surface area (Å²) in [6.45, 7) is -0.492. The molecule has 0 saturated heterocycles. The van der Waals surface area contributed by atoms with Gasteiger partial charge in [-0.05, 0) is 49.9 Å². The Hall–Kier alpha value is -2.77. The molecule has 7 nitrogen and oxygen atoms in total. The lowest BCUT2D eigenvalue weighted by Gasteiger charge is -2.36. The van der Waals surface area contributed by atoms with Crippen molar-refractivity contribution in [2.75, 3.05) is 18.1 Å². The van der Waals surface area contributed by atoms with Crippen molar-refractivity contribution < 1.29 is 28.3 Å². The van der Waals surface area contributed by atoms with Crippen molar-refractivity contribution in [3.63, 3.8) is 0 Å². The summed E-state index contributed by atoms with van der Waals surface area (Å²) < 4.78 is 18.4. The van der Waals surface area contributed by atoms with Gasteiger partial charge in [0.15, 0.2) is 6.61 Å². The van der Waals surface area contributed by atoms with E-state index in [1.54, 1.807) is 0 Å². The third-order valence-corrected chi connectivity index (χ3v) is 5.74. The Bertz CT molecular complexity index is 779. The molecular weight excluding hydrogens is 379 g/mol. The SMILES string of the molecule is NC(=O)CCN(C(=O)COC(=O)C1CC2CCCC(C1)C2=O)c1ccc(F)cc1. The van der Waals surface area contributed by atoms with Crippen LogP contribution in [0.1, 0.15) is 38.5 Å². The average molecular weight is 404 g/mol. The summed E-state index contributed by atoms with van der Waals surface area (Å²) in [6.07, 6.45) is 3.50. The number of anilines is 1. The van der Waals surface area contributed by atoms with Crippen LogP contribution in [0.2, 0.25) is 0 Å². The first-order chi connectivity index (χ1) is 13.8. The molecule has 2 aliphatic rings. The Morgan fingerprint density at radius 1 is 1.10 bits per heavy atom. The highest BCUT2D eigenvalue weighted by molar-refractivity contribution is 5.96. The second-order valence-corrected chi connectivity index (χ2v) is 7.74. The summed E-state index contributed by atoms with van der Waals surface area (Å²) in [7, 11) is 0. The van der Waals surface area contributed by atoms with Gasteiger partial charge in [0.2, 0.25) is 5.91 Å². The molecular formula is C21H25FN2O5. The van der Waals surface area contributed by atoms with Crippen molar-refractivity contribution in [2.24, 2.45) is 23.5 Å². The Balaban J connectivity index is 1.60. The number of hydrogen-bond acceptors (Lipinski definition) is 5. The molecule has 2 saturated carbocycles. The van der Waals surface area contributed by atoms with Crippen LogP contribution in [0.5, 0.6) is 0 Å². The van der Waals surface area contributed by atoms with E-state index in [0.29, 0.717) is 18.5 Å². The lowest BCUT2D eigenvalue weighted by molar-refractivity contribution is -0.156. The number of halogens is 1. The molecule has 29 heavy (non-hydrogen) atoms. The number of benzene rings is 1. The number of Topliss-reactive ketones (excluding diaryl/α,β-unsaturated/α-hetero) is 1. The number of nitrogens with zero attached hydrogens (tertiary/aromatic N) is 1. The zero-order valence-corrected chi connectivity index (χ0v) is 16.1. The van der Waals surface area contributed by atoms with Crippen molar-refractivity contribution in [3.8, 4) is 0 Å². The van der Waals surface area contributed by atoms with E-state index in [4.69, 9.17) is 10.5 Å². The van der Waals surface area contributed by atoms with E-state index >= 15 is 0 Å². The van der Waals surface area contributed by atoms with Gasteiger partial charge in [-0.25, -0.2) is 4.39 Å². The van der Waals surface area contributed by atoms with E-state index in [2.05, 4.69) is 0 Å². The van der Waals surface area contributed by atoms with Gasteiger partial charge in [-0.3, -0.25) is 19.2 Å². The molecule has 2 bridgehead atoms. The molecule has 2 atom stereocenters. The number of hydrogen-bond donors (Lipinski definition) is 1. The van der Waals surface area contributed by atoms with Gasteiger partial charge in [0.05, 0.1) is 5.92 Å². The normalized spacial score (nSPS) is 23.3. The Morgan fingerprint density at radius 3 is 2.31 bits per heavy atom. The molecule has 1 aromatic rings. The van der Waals surface area contributed by atoms with Crippen LogP contribution in [0, 0.1) is 23.6 Å². The van der Waals surface area contributed by atoms with Gasteiger partial charge >= 0.3 is 5.97 Å². The minimum absolute atomic E-state index is 0.000567. The Kier molecular flexibility index (Phi) is 6.61. The second-order valence-electron chi connectivity index (χ2n) is 7.74. The molecule has 3 rings (SSSR count). The molecule has 0 heterocycles. The number of ketones is 1. The van der Waals surface area contributed by atoms with E-state index in [1.165, 1.54) is 29.2 Å². The third kappa shape index (κ3) is 5.19. The van der Waals surface area contributed by atoms with Gasteiger partial charge in [-0.1, -0.05) is 6.42 Å². The van der Waals surface area contributed by atoms with Crippen LogP contribution in [0.4, 0.5) is 10.1 Å². The zero-order chi connectivity index (χ0) is 21.0. The molecule has 0 aliphatic heterocycles. The maximum atomic E-state index is 13.2. The molecule has 0 spiro atoms. The third-order valence-electron chi connectivity index (χ3n) is 5.74. The number of carbonyl (C=O) groups is 4. The molecule has 0 aromatic heterocycles. The highest BCUT2D eigenvalue weighted by Crippen LogP contribution is 2.40. The van der Waals surface area contributed by atoms with Crippen molar-refractivity contribution in [1.29, 1.82) is 0 Å². The van der Waals surface area contributed by atoms with Crippen molar-refractivity contribution >= 4 is 29.3 Å². The van der Waals surface area contributed by atoms with E-state index in [1.807, 2.05) is 0 Å². The molecule has 2 amide bonds. The van der Waals surface area contributed by atoms with E-state index in [9.17, 15) is 23.6 Å². The van der Waals surface area contributed by atoms with Crippen LogP contribution >= 0.6 is 0 Å². The standard InChI is InChI=1S/C21H25FN2O5/c22-16-4-6-17(7-5-16)24(9-8-18(23)25)19(26)12-29-21(28)15-10-13-2-1-3-14(11-15)20(13)27/h4-7,13-15H,1-3,8-12H2,(H2,23,25). The summed E-state index contributed by atoms with van der Waals surface area (Å²) in [5.74, 6) is -2.33. The zero-order valence-electron chi connectivity index (χ0n) is 16.1. The van der Waals surface area contributed by atoms with Gasteiger partial charge in [-0.2, -0.15) is 0 Å². The average Bonchev–Trinajstić information content (AvgIpc) is 2.67. The molecule has 1 aromatic carbocycles. The fourth-order valence-electron chi connectivity index (χ4n) is 4.24. The van der Waals surface area contributed by atoms with Crippen molar-refractivity contribution in [3.05, 3.63) is 30.1 Å². The predicted octanol–water partition coefficient (Wildman–Crippen LogP) is 1.97. The smallest absolute Gasteiger partial charge is 0.309 e. The minimum atomic E-state index is -0.583. The van der Waals surface area contributed by atoms with Gasteiger partial charge in [0.25, 0.3) is 5.91 Å². The van der Waals surface area contributed by atoms with Gasteiger partial charge in [0, 0.05) is 30.5 Å². The van der Waals surface area contributed by atoms with Crippen molar-refractivity contribution in [2.45, 2.75) is 38.5 Å². The van der Waals surface area contributed by atoms with Crippen LogP contribution < -0.4 is 10.6 Å². The summed E-state index contributed by atoms with van der Waals surface area (Å²) in [5.41, 5.74) is 5.55. The number of primary amides is 1. The molecule has 2 N–H and O–H groups in total. The highest BCUT2D eigenvalue weighted by atomic mass is 19.1. The first-order valence-corrected chi connectivity index (χ1v) is 9.89. The molecule has 2 aliphatic carbocycles. The lowest BCUT2D eigenvalue weighted by Crippen LogP contribution is -2.41. The van der Waals surface area contributed by atoms with Crippen molar-refractivity contribution in [1.82, 2.24) is 0 Å². The lowest BCUT2D eigenvalue weighted by atomic mass is 9.67. The van der Waals surface area contributed by atoms with Gasteiger partial charge in [0.1, 0.15) is 11.6 Å². The maximum Gasteiger partial charge on any atom is 0.309 e. The van der Waals surface area contributed by atoms with E-state index in [0.717, 1.165) is 19.3 Å². The summed E-state index contributed by atoms with van der Waals surface area (Å²) in [6, 6.07) is 5.21. The Labute approximate surface area is 168 Å². The van der Waals surface area contributed by atoms with Gasteiger partial charge < -0.3 is 15.4 Å². The fraction of sp³-hybridized carbons (Fsp3) is 0.524. The van der Waals surface area contributed by atoms with Gasteiger partial charge in [-0.15, -0.1) is 0 Å². The number of carbonyl (C=O) groups excluding carboxylic acids is 4. The van der Waals surface area contributed by atoms with Crippen LogP contribution in [0.15, 0.2) is 24.3 Å². The van der Waals surface area contributed by atoms with E-state index < -0.39 is 30.2 Å². The number of amides is 2. The first-order valence-electron chi connectivity index (χ1n) is 9.89. The molecule has 0 radical (unpaired) electrons. The predicted molar refractivity (Wildman–Crippen MR) is 102 cm³/mol. The first kappa shape index (κ1) is 21.0. The fourth-order valence-corrected chi connectivity index (χ4v) is 4.24. The van der Waals surface area contributed by atoms with Crippen LogP contribution in [0.3, 0.4) is 0 Å². The molecule has 2 fully saturated rings. The number of rotatable bonds is 7. The summed E-state index contributed by atoms with van der Waals surface area (Å²) >= 11 is 0. The quantitative estimate of drug-likeness (QED) is 0.699. The monoisotopic (exact) mass is 404 g/mol. The largest absolute Gasteiger partial charge is 0.455 e. The number of fused-ring (bicyclic) bond motifs is 2. The number of esters is 1. The molecule has 8 heteroatoms. The summed E-state index contributed by atoms with van der Waals surface area (Å²) in [5, 5.41) is 0. The topological polar surface area (TPSA) is 107 Å². The second kappa shape index (κ2) is 9.15. The highest BCUT2D eigenvalue weighted by Gasteiger charge is 2.42. The minimum Gasteiger partial charge on any atom is -0.455 e. The number of ether oxygens (including phenoxy) is 1. The molecule has 156 valence electrons. The molecule has 2 unspecified atom stereocenters. The Morgan fingerprint density at radius 2 is 1.72 bits per heavy atom. The van der Waals surface area contributed by atoms with Crippen LogP contribution in [-0.2, 0) is 23.9 Å². The van der Waals surface area contributed by atoms with Crippen LogP contribution in [0.25, 0.3) is 0 Å².